The molecule has 6 heteroatoms. The summed E-state index contributed by atoms with van der Waals surface area (Å²) >= 11 is 0. The third-order valence-corrected chi connectivity index (χ3v) is 4.50. The molecule has 0 atom stereocenters. The Labute approximate surface area is 154 Å². The maximum Gasteiger partial charge on any atom is 0.254 e. The molecule has 1 aromatic carbocycles. The number of piperazine rings is 1. The molecule has 0 aliphatic carbocycles. The minimum atomic E-state index is -0.108. The highest BCUT2D eigenvalue weighted by atomic mass is 16.2. The molecule has 1 amide bonds. The van der Waals surface area contributed by atoms with Gasteiger partial charge in [0.2, 0.25) is 0 Å². The topological polar surface area (TPSA) is 95.1 Å². The molecule has 3 N–H and O–H groups in total. The van der Waals surface area contributed by atoms with Gasteiger partial charge in [-0.05, 0) is 36.6 Å². The molecule has 1 aromatic rings. The highest BCUT2D eigenvalue weighted by Crippen LogP contribution is 2.17. The highest BCUT2D eigenvalue weighted by molar-refractivity contribution is 6.01. The lowest BCUT2D eigenvalue weighted by Gasteiger charge is -2.34. The maximum atomic E-state index is 12.9. The van der Waals surface area contributed by atoms with Crippen molar-refractivity contribution in [2.24, 2.45) is 0 Å². The smallest absolute Gasteiger partial charge is 0.254 e. The third kappa shape index (κ3) is 4.33. The van der Waals surface area contributed by atoms with Gasteiger partial charge in [0.1, 0.15) is 5.84 Å². The fourth-order valence-corrected chi connectivity index (χ4v) is 2.83. The van der Waals surface area contributed by atoms with E-state index in [0.717, 1.165) is 23.0 Å². The second-order valence-corrected chi connectivity index (χ2v) is 6.39. The number of amides is 1. The van der Waals surface area contributed by atoms with E-state index in [4.69, 9.17) is 16.2 Å². The molecule has 0 spiro atoms. The first kappa shape index (κ1) is 19.3. The molecule has 1 fully saturated rings. The monoisotopic (exact) mass is 351 g/mol. The minimum Gasteiger partial charge on any atom is -0.329 e. The van der Waals surface area contributed by atoms with Crippen molar-refractivity contribution in [1.29, 1.82) is 16.2 Å². The third-order valence-electron chi connectivity index (χ3n) is 4.50. The average molecular weight is 351 g/mol. The molecular formula is C20H25N5O. The van der Waals surface area contributed by atoms with Crippen molar-refractivity contribution in [2.75, 3.05) is 19.6 Å². The Morgan fingerprint density at radius 3 is 2.69 bits per heavy atom. The summed E-state index contributed by atoms with van der Waals surface area (Å²) in [4.78, 5) is 16.1. The van der Waals surface area contributed by atoms with Gasteiger partial charge in [0.05, 0.1) is 12.9 Å². The Bertz CT molecular complexity index is 793. The second kappa shape index (κ2) is 8.38. The lowest BCUT2D eigenvalue weighted by Crippen LogP contribution is -2.51. The zero-order valence-electron chi connectivity index (χ0n) is 15.3. The predicted octanol–water partition coefficient (Wildman–Crippen LogP) is 3.03. The molecule has 0 aromatic heterocycles. The largest absolute Gasteiger partial charge is 0.329 e. The molecule has 0 unspecified atom stereocenters. The van der Waals surface area contributed by atoms with E-state index in [2.05, 4.69) is 6.58 Å². The van der Waals surface area contributed by atoms with Gasteiger partial charge >= 0.3 is 0 Å². The average Bonchev–Trinajstić information content (AvgIpc) is 2.62. The van der Waals surface area contributed by atoms with Gasteiger partial charge in [-0.2, -0.15) is 0 Å². The Morgan fingerprint density at radius 2 is 2.08 bits per heavy atom. The maximum absolute atomic E-state index is 12.9. The number of nitrogens with zero attached hydrogens (tertiary/aromatic N) is 2. The summed E-state index contributed by atoms with van der Waals surface area (Å²) in [6.45, 7) is 8.57. The Morgan fingerprint density at radius 1 is 1.35 bits per heavy atom. The van der Waals surface area contributed by atoms with Crippen LogP contribution in [0.1, 0.15) is 28.4 Å². The lowest BCUT2D eigenvalue weighted by molar-refractivity contribution is 0.0757. The number of carbonyl (C=O) groups is 1. The molecule has 1 aliphatic rings. The van der Waals surface area contributed by atoms with Crippen molar-refractivity contribution in [1.82, 2.24) is 9.80 Å². The van der Waals surface area contributed by atoms with E-state index >= 15 is 0 Å². The number of allylic oxidation sites excluding steroid dienone is 3. The van der Waals surface area contributed by atoms with Crippen LogP contribution in [0.2, 0.25) is 0 Å². The standard InChI is InChI=1S/C20H25N5O/c1-4-5-15(3)18(22)11-16-7-6-14(2)17(10-16)20(26)24-8-9-25(13-21)19(23)12-24/h4-7,10,13,21-23H,1,8-9,11-12H2,2-3H3/b15-5+,21-13?,22-18?,23-19?. The minimum absolute atomic E-state index is 0.108. The second-order valence-electron chi connectivity index (χ2n) is 6.39. The van der Waals surface area contributed by atoms with Crippen LogP contribution in [0.25, 0.3) is 0 Å². The number of hydrogen-bond acceptors (Lipinski definition) is 4. The number of aryl methyl sites for hydroxylation is 1. The first-order valence-electron chi connectivity index (χ1n) is 8.48. The Balaban J connectivity index is 2.19. The van der Waals surface area contributed by atoms with Gasteiger partial charge < -0.3 is 15.2 Å². The normalized spacial score (nSPS) is 15.0. The van der Waals surface area contributed by atoms with Crippen LogP contribution in [0.15, 0.2) is 42.5 Å². The fraction of sp³-hybridized carbons (Fsp3) is 0.300. The Kier molecular flexibility index (Phi) is 6.22. The van der Waals surface area contributed by atoms with Gasteiger partial charge in [0.25, 0.3) is 5.91 Å². The van der Waals surface area contributed by atoms with Gasteiger partial charge in [-0.15, -0.1) is 0 Å². The van der Waals surface area contributed by atoms with Crippen molar-refractivity contribution in [3.63, 3.8) is 0 Å². The summed E-state index contributed by atoms with van der Waals surface area (Å²) in [7, 11) is 0. The van der Waals surface area contributed by atoms with E-state index in [1.54, 1.807) is 17.1 Å². The van der Waals surface area contributed by atoms with Crippen LogP contribution in [0.3, 0.4) is 0 Å². The van der Waals surface area contributed by atoms with Crippen LogP contribution in [0, 0.1) is 23.2 Å². The van der Waals surface area contributed by atoms with E-state index in [0.29, 0.717) is 30.8 Å². The summed E-state index contributed by atoms with van der Waals surface area (Å²) in [5.41, 5.74) is 3.74. The van der Waals surface area contributed by atoms with Crippen LogP contribution in [0.4, 0.5) is 0 Å². The molecule has 0 bridgehead atoms. The van der Waals surface area contributed by atoms with E-state index in [1.165, 1.54) is 4.90 Å². The SMILES string of the molecule is C=C/C=C(\C)C(=N)Cc1ccc(C)c(C(=O)N2CCN(C=N)C(=N)C2)c1. The van der Waals surface area contributed by atoms with Crippen molar-refractivity contribution < 1.29 is 4.79 Å². The van der Waals surface area contributed by atoms with Crippen LogP contribution < -0.4 is 0 Å². The molecule has 6 nitrogen and oxygen atoms in total. The van der Waals surface area contributed by atoms with Crippen molar-refractivity contribution >= 4 is 23.8 Å². The van der Waals surface area contributed by atoms with Gasteiger partial charge in [0.15, 0.2) is 0 Å². The first-order valence-corrected chi connectivity index (χ1v) is 8.48. The zero-order valence-corrected chi connectivity index (χ0v) is 15.3. The lowest BCUT2D eigenvalue weighted by atomic mass is 9.98. The Hall–Kier alpha value is -3.02. The van der Waals surface area contributed by atoms with Crippen molar-refractivity contribution in [2.45, 2.75) is 20.3 Å². The zero-order chi connectivity index (χ0) is 19.3. The van der Waals surface area contributed by atoms with E-state index < -0.39 is 0 Å². The predicted molar refractivity (Wildman–Crippen MR) is 106 cm³/mol. The van der Waals surface area contributed by atoms with Crippen LogP contribution in [-0.4, -0.2) is 53.2 Å². The number of hydrogen-bond donors (Lipinski definition) is 3. The molecule has 26 heavy (non-hydrogen) atoms. The van der Waals surface area contributed by atoms with E-state index in [1.807, 2.05) is 32.0 Å². The summed E-state index contributed by atoms with van der Waals surface area (Å²) in [6.07, 6.45) is 5.04. The number of carbonyl (C=O) groups excluding carboxylic acids is 1. The van der Waals surface area contributed by atoms with Crippen molar-refractivity contribution in [3.05, 3.63) is 59.2 Å². The van der Waals surface area contributed by atoms with Gasteiger partial charge in [-0.25, -0.2) is 0 Å². The van der Waals surface area contributed by atoms with Crippen LogP contribution in [-0.2, 0) is 6.42 Å². The van der Waals surface area contributed by atoms with E-state index in [-0.39, 0.29) is 18.3 Å². The van der Waals surface area contributed by atoms with Gasteiger partial charge in [-0.1, -0.05) is 30.9 Å². The first-order chi connectivity index (χ1) is 12.4. The summed E-state index contributed by atoms with van der Waals surface area (Å²) < 4.78 is 0. The molecule has 0 saturated carbocycles. The van der Waals surface area contributed by atoms with Crippen LogP contribution in [0.5, 0.6) is 0 Å². The molecule has 1 aliphatic heterocycles. The molecule has 136 valence electrons. The highest BCUT2D eigenvalue weighted by Gasteiger charge is 2.25. The van der Waals surface area contributed by atoms with Gasteiger partial charge in [-0.3, -0.25) is 15.6 Å². The summed E-state index contributed by atoms with van der Waals surface area (Å²) in [6, 6.07) is 5.69. The number of rotatable bonds is 6. The van der Waals surface area contributed by atoms with Crippen molar-refractivity contribution in [3.8, 4) is 0 Å². The number of nitrogens with one attached hydrogen (secondary N) is 3. The summed E-state index contributed by atoms with van der Waals surface area (Å²) in [5, 5.41) is 23.4. The quantitative estimate of drug-likeness (QED) is 0.417. The molecule has 1 heterocycles. The molecule has 1 saturated heterocycles. The molecular weight excluding hydrogens is 326 g/mol. The van der Waals surface area contributed by atoms with E-state index in [9.17, 15) is 4.79 Å². The van der Waals surface area contributed by atoms with Crippen LogP contribution >= 0.6 is 0 Å². The van der Waals surface area contributed by atoms with Gasteiger partial charge in [0, 0.05) is 30.8 Å². The molecule has 2 rings (SSSR count). The summed E-state index contributed by atoms with van der Waals surface area (Å²) in [5.74, 6) is 0.143. The fourth-order valence-electron chi connectivity index (χ4n) is 2.83. The number of amidine groups is 1. The molecule has 0 radical (unpaired) electrons. The number of benzene rings is 1.